The summed E-state index contributed by atoms with van der Waals surface area (Å²) in [5, 5.41) is 7.43. The summed E-state index contributed by atoms with van der Waals surface area (Å²) in [7, 11) is 0. The van der Waals surface area contributed by atoms with Crippen molar-refractivity contribution in [2.75, 3.05) is 0 Å². The molecule has 1 aliphatic rings. The average Bonchev–Trinajstić information content (AvgIpc) is 3.30. The van der Waals surface area contributed by atoms with E-state index >= 15 is 0 Å². The first kappa shape index (κ1) is 27.6. The van der Waals surface area contributed by atoms with Crippen LogP contribution in [0.5, 0.6) is 5.75 Å². The third-order valence-corrected chi connectivity index (χ3v) is 10.2. The van der Waals surface area contributed by atoms with E-state index in [-0.39, 0.29) is 5.92 Å². The highest BCUT2D eigenvalue weighted by Crippen LogP contribution is 2.46. The van der Waals surface area contributed by atoms with Crippen molar-refractivity contribution in [3.63, 3.8) is 0 Å². The molecule has 1 heteroatoms. The summed E-state index contributed by atoms with van der Waals surface area (Å²) < 4.78 is 6.64. The second-order valence-corrected chi connectivity index (χ2v) is 12.9. The Hall–Kier alpha value is -5.66. The van der Waals surface area contributed by atoms with Gasteiger partial charge in [-0.25, -0.2) is 0 Å². The third-order valence-electron chi connectivity index (χ3n) is 10.2. The molecule has 8 aromatic carbocycles. The molecular weight excluding hydrogens is 569 g/mol. The smallest absolute Gasteiger partial charge is 0.128 e. The molecule has 0 spiro atoms. The maximum Gasteiger partial charge on any atom is 0.128 e. The van der Waals surface area contributed by atoms with Gasteiger partial charge in [0.15, 0.2) is 0 Å². The van der Waals surface area contributed by atoms with Crippen molar-refractivity contribution in [1.82, 2.24) is 0 Å². The minimum absolute atomic E-state index is 0.278. The number of ether oxygens (including phenoxy) is 1. The number of hydrogen-bond acceptors (Lipinski definition) is 1. The fourth-order valence-electron chi connectivity index (χ4n) is 7.88. The summed E-state index contributed by atoms with van der Waals surface area (Å²) >= 11 is 0. The van der Waals surface area contributed by atoms with Crippen LogP contribution in [0, 0.1) is 0 Å². The van der Waals surface area contributed by atoms with Crippen LogP contribution in [0.3, 0.4) is 0 Å². The first-order valence-electron chi connectivity index (χ1n) is 16.6. The minimum atomic E-state index is 0.278. The zero-order valence-electron chi connectivity index (χ0n) is 26.4. The van der Waals surface area contributed by atoms with Crippen molar-refractivity contribution in [3.05, 3.63) is 186 Å². The molecular formula is C46H34O. The summed E-state index contributed by atoms with van der Waals surface area (Å²) in [6, 6.07) is 59.9. The Morgan fingerprint density at radius 3 is 1.91 bits per heavy atom. The van der Waals surface area contributed by atoms with Crippen LogP contribution in [0.15, 0.2) is 164 Å². The van der Waals surface area contributed by atoms with Crippen molar-refractivity contribution < 1.29 is 4.74 Å². The molecule has 0 radical (unpaired) electrons. The van der Waals surface area contributed by atoms with Crippen molar-refractivity contribution in [3.8, 4) is 28.0 Å². The van der Waals surface area contributed by atoms with Crippen molar-refractivity contribution >= 4 is 32.3 Å². The molecule has 1 heterocycles. The van der Waals surface area contributed by atoms with Gasteiger partial charge < -0.3 is 4.74 Å². The van der Waals surface area contributed by atoms with E-state index in [9.17, 15) is 0 Å². The average molecular weight is 603 g/mol. The van der Waals surface area contributed by atoms with E-state index in [0.717, 1.165) is 5.75 Å². The van der Waals surface area contributed by atoms with E-state index < -0.39 is 0 Å². The summed E-state index contributed by atoms with van der Waals surface area (Å²) in [6.45, 7) is 2.89. The molecule has 0 saturated carbocycles. The third kappa shape index (κ3) is 4.70. The summed E-state index contributed by atoms with van der Waals surface area (Å²) in [6.07, 6.45) is 0. The van der Waals surface area contributed by atoms with E-state index in [1.54, 1.807) is 0 Å². The molecule has 224 valence electrons. The summed E-state index contributed by atoms with van der Waals surface area (Å²) in [5.41, 5.74) is 10.2. The first-order valence-corrected chi connectivity index (χ1v) is 16.6. The summed E-state index contributed by atoms with van der Waals surface area (Å²) in [5.74, 6) is 1.55. The van der Waals surface area contributed by atoms with Crippen molar-refractivity contribution in [1.29, 1.82) is 0 Å². The molecule has 1 atom stereocenters. The Labute approximate surface area is 275 Å². The van der Waals surface area contributed by atoms with Gasteiger partial charge in [-0.2, -0.15) is 0 Å². The van der Waals surface area contributed by atoms with Gasteiger partial charge in [-0.3, -0.25) is 0 Å². The molecule has 47 heavy (non-hydrogen) atoms. The molecule has 1 nitrogen and oxygen atoms in total. The second-order valence-electron chi connectivity index (χ2n) is 12.9. The topological polar surface area (TPSA) is 9.23 Å². The molecule has 8 aromatic rings. The highest BCUT2D eigenvalue weighted by atomic mass is 16.5. The highest BCUT2D eigenvalue weighted by molar-refractivity contribution is 6.15. The number of rotatable bonds is 5. The Bertz CT molecular complexity index is 2380. The highest BCUT2D eigenvalue weighted by Gasteiger charge is 2.24. The second kappa shape index (κ2) is 11.3. The molecule has 9 rings (SSSR count). The fourth-order valence-corrected chi connectivity index (χ4v) is 7.88. The lowest BCUT2D eigenvalue weighted by Gasteiger charge is -2.26. The molecule has 0 amide bonds. The van der Waals surface area contributed by atoms with Crippen LogP contribution in [0.1, 0.15) is 41.0 Å². The Morgan fingerprint density at radius 2 is 1.11 bits per heavy atom. The normalized spacial score (nSPS) is 13.0. The van der Waals surface area contributed by atoms with E-state index in [4.69, 9.17) is 4.74 Å². The van der Waals surface area contributed by atoms with Crippen LogP contribution < -0.4 is 4.74 Å². The number of benzene rings is 8. The van der Waals surface area contributed by atoms with Crippen LogP contribution in [0.2, 0.25) is 0 Å². The number of hydrogen-bond donors (Lipinski definition) is 0. The standard InChI is InChI=1S/C46H34O/c1-30(45(31-12-4-2-5-13-31)32-14-6-3-7-15-32)33-22-23-35-27-37(25-24-34(35)26-33)39-18-10-19-40-42-21-11-20-41-38-17-9-8-16-36(38)28-44(46(41)42)47-29-43(39)40/h2-28,30,45H,29H2,1H3. The Morgan fingerprint density at radius 1 is 0.468 bits per heavy atom. The summed E-state index contributed by atoms with van der Waals surface area (Å²) in [4.78, 5) is 0. The fraction of sp³-hybridized carbons (Fsp3) is 0.0870. The molecule has 0 saturated heterocycles. The minimum Gasteiger partial charge on any atom is -0.488 e. The molecule has 0 N–H and O–H groups in total. The van der Waals surface area contributed by atoms with Crippen molar-refractivity contribution in [2.24, 2.45) is 0 Å². The number of fused-ring (bicyclic) bond motifs is 5. The van der Waals surface area contributed by atoms with E-state index in [2.05, 4.69) is 171 Å². The zero-order valence-corrected chi connectivity index (χ0v) is 26.4. The van der Waals surface area contributed by atoms with Gasteiger partial charge in [0.1, 0.15) is 12.4 Å². The molecule has 0 fully saturated rings. The van der Waals surface area contributed by atoms with Gasteiger partial charge in [-0.15, -0.1) is 0 Å². The van der Waals surface area contributed by atoms with Gasteiger partial charge in [0.25, 0.3) is 0 Å². The Balaban J connectivity index is 1.11. The van der Waals surface area contributed by atoms with Crippen LogP contribution >= 0.6 is 0 Å². The zero-order chi connectivity index (χ0) is 31.3. The van der Waals surface area contributed by atoms with Gasteiger partial charge >= 0.3 is 0 Å². The SMILES string of the molecule is CC(c1ccc2cc(-c3cccc4c3COc3cc5ccccc5c5cccc-4c35)ccc2c1)C(c1ccccc1)c1ccccc1. The van der Waals surface area contributed by atoms with Crippen LogP contribution in [-0.2, 0) is 6.61 Å². The van der Waals surface area contributed by atoms with Crippen LogP contribution in [0.25, 0.3) is 54.6 Å². The quantitative estimate of drug-likeness (QED) is 0.178. The largest absolute Gasteiger partial charge is 0.488 e. The van der Waals surface area contributed by atoms with Gasteiger partial charge in [0.2, 0.25) is 0 Å². The Kier molecular flexibility index (Phi) is 6.64. The van der Waals surface area contributed by atoms with E-state index in [1.165, 1.54) is 76.8 Å². The molecule has 0 aromatic heterocycles. The predicted octanol–water partition coefficient (Wildman–Crippen LogP) is 12.3. The van der Waals surface area contributed by atoms with Gasteiger partial charge in [0, 0.05) is 16.9 Å². The lowest BCUT2D eigenvalue weighted by molar-refractivity contribution is 0.313. The maximum absolute atomic E-state index is 6.64. The molecule has 1 unspecified atom stereocenters. The van der Waals surface area contributed by atoms with Gasteiger partial charge in [-0.05, 0) is 83.9 Å². The molecule has 0 bridgehead atoms. The van der Waals surface area contributed by atoms with Gasteiger partial charge in [0.05, 0.1) is 0 Å². The van der Waals surface area contributed by atoms with E-state index in [1.807, 2.05) is 0 Å². The molecule has 0 aliphatic carbocycles. The monoisotopic (exact) mass is 602 g/mol. The lowest BCUT2D eigenvalue weighted by atomic mass is 9.78. The van der Waals surface area contributed by atoms with Crippen LogP contribution in [0.4, 0.5) is 0 Å². The predicted molar refractivity (Wildman–Crippen MR) is 197 cm³/mol. The molecule has 1 aliphatic heterocycles. The first-order chi connectivity index (χ1) is 23.2. The van der Waals surface area contributed by atoms with Gasteiger partial charge in [-0.1, -0.05) is 159 Å². The van der Waals surface area contributed by atoms with Crippen LogP contribution in [-0.4, -0.2) is 0 Å². The maximum atomic E-state index is 6.64. The van der Waals surface area contributed by atoms with E-state index in [0.29, 0.717) is 12.5 Å². The lowest BCUT2D eigenvalue weighted by Crippen LogP contribution is -2.10. The van der Waals surface area contributed by atoms with Crippen molar-refractivity contribution in [2.45, 2.75) is 25.4 Å².